The highest BCUT2D eigenvalue weighted by Crippen LogP contribution is 2.37. The quantitative estimate of drug-likeness (QED) is 0.839. The van der Waals surface area contributed by atoms with Crippen molar-refractivity contribution in [2.75, 3.05) is 13.7 Å². The highest BCUT2D eigenvalue weighted by atomic mass is 35.5. The molecule has 1 atom stereocenters. The zero-order valence-electron chi connectivity index (χ0n) is 11.4. The predicted molar refractivity (Wildman–Crippen MR) is 73.7 cm³/mol. The van der Waals surface area contributed by atoms with Crippen molar-refractivity contribution in [2.24, 2.45) is 0 Å². The van der Waals surface area contributed by atoms with Crippen LogP contribution in [-0.2, 0) is 4.79 Å². The molecular formula is C13H16ClNO5. The number of methoxy groups -OCH3 is 1. The number of carbonyl (C=O) groups is 2. The number of aromatic carboxylic acids is 1. The van der Waals surface area contributed by atoms with E-state index in [-0.39, 0.29) is 28.0 Å². The smallest absolute Gasteiger partial charge is 0.335 e. The molecule has 1 unspecified atom stereocenters. The first-order valence-corrected chi connectivity index (χ1v) is 6.33. The third kappa shape index (κ3) is 3.77. The number of hydrogen-bond donors (Lipinski definition) is 2. The predicted octanol–water partition coefficient (Wildman–Crippen LogP) is 1.95. The summed E-state index contributed by atoms with van der Waals surface area (Å²) >= 11 is 5.98. The molecule has 1 amide bonds. The van der Waals surface area contributed by atoms with Crippen molar-refractivity contribution in [1.29, 1.82) is 0 Å². The largest absolute Gasteiger partial charge is 0.493 e. The lowest BCUT2D eigenvalue weighted by molar-refractivity contribution is -0.127. The second-order valence-electron chi connectivity index (χ2n) is 3.95. The van der Waals surface area contributed by atoms with Gasteiger partial charge in [-0.05, 0) is 26.0 Å². The number of likely N-dealkylation sites (N-methyl/N-ethyl adjacent to an activating group) is 1. The summed E-state index contributed by atoms with van der Waals surface area (Å²) in [4.78, 5) is 22.5. The molecule has 0 aliphatic rings. The van der Waals surface area contributed by atoms with Crippen LogP contribution in [0.2, 0.25) is 5.02 Å². The lowest BCUT2D eigenvalue weighted by Crippen LogP contribution is -2.36. The Morgan fingerprint density at radius 2 is 2.10 bits per heavy atom. The molecule has 110 valence electrons. The average Bonchev–Trinajstić information content (AvgIpc) is 2.40. The standard InChI is InChI=1S/C13H16ClNO5/c1-4-15-12(16)7(2)20-11-9(14)5-8(13(17)18)6-10(11)19-3/h5-7H,4H2,1-3H3,(H,15,16)(H,17,18). The molecule has 20 heavy (non-hydrogen) atoms. The second kappa shape index (κ2) is 7.00. The minimum Gasteiger partial charge on any atom is -0.493 e. The van der Waals surface area contributed by atoms with E-state index in [1.807, 2.05) is 0 Å². The molecule has 0 aliphatic heterocycles. The summed E-state index contributed by atoms with van der Waals surface area (Å²) in [5, 5.41) is 11.6. The number of amides is 1. The molecule has 6 nitrogen and oxygen atoms in total. The van der Waals surface area contributed by atoms with E-state index in [1.165, 1.54) is 19.2 Å². The first-order valence-electron chi connectivity index (χ1n) is 5.95. The molecule has 0 bridgehead atoms. The Morgan fingerprint density at radius 1 is 1.45 bits per heavy atom. The van der Waals surface area contributed by atoms with Crippen LogP contribution in [0.5, 0.6) is 11.5 Å². The van der Waals surface area contributed by atoms with Crippen molar-refractivity contribution in [2.45, 2.75) is 20.0 Å². The summed E-state index contributed by atoms with van der Waals surface area (Å²) in [6.45, 7) is 3.83. The van der Waals surface area contributed by atoms with Crippen LogP contribution in [0.15, 0.2) is 12.1 Å². The third-order valence-electron chi connectivity index (χ3n) is 2.49. The first kappa shape index (κ1) is 16.1. The minimum absolute atomic E-state index is 0.0233. The number of halogens is 1. The summed E-state index contributed by atoms with van der Waals surface area (Å²) in [5.74, 6) is -1.13. The maximum Gasteiger partial charge on any atom is 0.335 e. The van der Waals surface area contributed by atoms with E-state index in [9.17, 15) is 9.59 Å². The number of nitrogens with one attached hydrogen (secondary N) is 1. The van der Waals surface area contributed by atoms with Crippen molar-refractivity contribution in [3.63, 3.8) is 0 Å². The molecule has 0 heterocycles. The van der Waals surface area contributed by atoms with Gasteiger partial charge in [-0.1, -0.05) is 11.6 Å². The molecule has 2 N–H and O–H groups in total. The molecule has 7 heteroatoms. The number of carboxylic acid groups (broad SMARTS) is 1. The molecule has 0 fully saturated rings. The maximum atomic E-state index is 11.6. The van der Waals surface area contributed by atoms with E-state index in [0.717, 1.165) is 0 Å². The van der Waals surface area contributed by atoms with Gasteiger partial charge in [-0.15, -0.1) is 0 Å². The first-order chi connectivity index (χ1) is 9.40. The van der Waals surface area contributed by atoms with Gasteiger partial charge in [0.05, 0.1) is 17.7 Å². The lowest BCUT2D eigenvalue weighted by Gasteiger charge is -2.17. The van der Waals surface area contributed by atoms with E-state index in [0.29, 0.717) is 6.54 Å². The van der Waals surface area contributed by atoms with Gasteiger partial charge in [0.1, 0.15) is 0 Å². The summed E-state index contributed by atoms with van der Waals surface area (Å²) in [5.41, 5.74) is -0.0233. The molecule has 1 aromatic rings. The van der Waals surface area contributed by atoms with Gasteiger partial charge in [0.2, 0.25) is 0 Å². The van der Waals surface area contributed by atoms with Crippen molar-refractivity contribution in [3.8, 4) is 11.5 Å². The Hall–Kier alpha value is -1.95. The van der Waals surface area contributed by atoms with Gasteiger partial charge in [-0.3, -0.25) is 4.79 Å². The highest BCUT2D eigenvalue weighted by Gasteiger charge is 2.20. The molecule has 0 aromatic heterocycles. The average molecular weight is 302 g/mol. The van der Waals surface area contributed by atoms with Gasteiger partial charge in [0, 0.05) is 6.54 Å². The third-order valence-corrected chi connectivity index (χ3v) is 2.77. The number of benzene rings is 1. The van der Waals surface area contributed by atoms with Crippen molar-refractivity contribution >= 4 is 23.5 Å². The van der Waals surface area contributed by atoms with Gasteiger partial charge in [-0.25, -0.2) is 4.79 Å². The Balaban J connectivity index is 3.06. The van der Waals surface area contributed by atoms with E-state index >= 15 is 0 Å². The zero-order chi connectivity index (χ0) is 15.3. The second-order valence-corrected chi connectivity index (χ2v) is 4.36. The summed E-state index contributed by atoms with van der Waals surface area (Å²) in [7, 11) is 1.36. The monoisotopic (exact) mass is 301 g/mol. The minimum atomic E-state index is -1.13. The van der Waals surface area contributed by atoms with Crippen LogP contribution in [0.1, 0.15) is 24.2 Å². The fourth-order valence-corrected chi connectivity index (χ4v) is 1.76. The van der Waals surface area contributed by atoms with Crippen LogP contribution in [0.25, 0.3) is 0 Å². The highest BCUT2D eigenvalue weighted by molar-refractivity contribution is 6.32. The van der Waals surface area contributed by atoms with Crippen LogP contribution in [0.3, 0.4) is 0 Å². The number of carboxylic acids is 1. The number of rotatable bonds is 6. The summed E-state index contributed by atoms with van der Waals surface area (Å²) in [6.07, 6.45) is -0.781. The molecule has 1 aromatic carbocycles. The van der Waals surface area contributed by atoms with Crippen LogP contribution in [-0.4, -0.2) is 36.7 Å². The Kier molecular flexibility index (Phi) is 5.64. The molecular weight excluding hydrogens is 286 g/mol. The van der Waals surface area contributed by atoms with E-state index < -0.39 is 12.1 Å². The van der Waals surface area contributed by atoms with Gasteiger partial charge >= 0.3 is 5.97 Å². The Bertz CT molecular complexity index is 518. The lowest BCUT2D eigenvalue weighted by atomic mass is 10.2. The van der Waals surface area contributed by atoms with Gasteiger partial charge in [0.15, 0.2) is 17.6 Å². The van der Waals surface area contributed by atoms with E-state index in [1.54, 1.807) is 13.8 Å². The fraction of sp³-hybridized carbons (Fsp3) is 0.385. The van der Waals surface area contributed by atoms with Crippen molar-refractivity contribution < 1.29 is 24.2 Å². The molecule has 1 rings (SSSR count). The normalized spacial score (nSPS) is 11.6. The van der Waals surface area contributed by atoms with Crippen molar-refractivity contribution in [3.05, 3.63) is 22.7 Å². The Morgan fingerprint density at radius 3 is 2.60 bits per heavy atom. The molecule has 0 spiro atoms. The maximum absolute atomic E-state index is 11.6. The van der Waals surface area contributed by atoms with Crippen LogP contribution >= 0.6 is 11.6 Å². The van der Waals surface area contributed by atoms with Gasteiger partial charge in [0.25, 0.3) is 5.91 Å². The fourth-order valence-electron chi connectivity index (χ4n) is 1.51. The number of ether oxygens (including phenoxy) is 2. The summed E-state index contributed by atoms with van der Waals surface area (Å²) < 4.78 is 10.5. The molecule has 0 saturated carbocycles. The molecule has 0 saturated heterocycles. The summed E-state index contributed by atoms with van der Waals surface area (Å²) in [6, 6.07) is 2.53. The zero-order valence-corrected chi connectivity index (χ0v) is 12.2. The van der Waals surface area contributed by atoms with E-state index in [2.05, 4.69) is 5.32 Å². The Labute approximate surface area is 121 Å². The molecule has 0 radical (unpaired) electrons. The topological polar surface area (TPSA) is 84.9 Å². The van der Waals surface area contributed by atoms with Crippen LogP contribution in [0, 0.1) is 0 Å². The molecule has 0 aliphatic carbocycles. The van der Waals surface area contributed by atoms with E-state index in [4.69, 9.17) is 26.2 Å². The van der Waals surface area contributed by atoms with Crippen LogP contribution in [0.4, 0.5) is 0 Å². The van der Waals surface area contributed by atoms with Crippen molar-refractivity contribution in [1.82, 2.24) is 5.32 Å². The van der Waals surface area contributed by atoms with Gasteiger partial charge < -0.3 is 19.9 Å². The number of carbonyl (C=O) groups excluding carboxylic acids is 1. The number of hydrogen-bond acceptors (Lipinski definition) is 4. The van der Waals surface area contributed by atoms with Crippen LogP contribution < -0.4 is 14.8 Å². The SMILES string of the molecule is CCNC(=O)C(C)Oc1c(Cl)cc(C(=O)O)cc1OC. The van der Waals surface area contributed by atoms with Gasteiger partial charge in [-0.2, -0.15) is 0 Å².